The standard InChI is InChI=1S/C18H16N4O2/c1-11-16-8-5-14(9-17(16)22-21-11)20-18(23)12(2)24-15-6-3-13(10-19)4-7-15/h3-9,12H,1-2H3,(H,20,23)(H,21,22)/t12-/m0/s1. The fourth-order valence-corrected chi connectivity index (χ4v) is 2.33. The summed E-state index contributed by atoms with van der Waals surface area (Å²) in [5, 5.41) is 19.7. The van der Waals surface area contributed by atoms with Crippen LogP contribution in [0.15, 0.2) is 42.5 Å². The van der Waals surface area contributed by atoms with Crippen molar-refractivity contribution < 1.29 is 9.53 Å². The van der Waals surface area contributed by atoms with Gasteiger partial charge in [0.1, 0.15) is 5.75 Å². The molecule has 0 unspecified atom stereocenters. The van der Waals surface area contributed by atoms with Crippen LogP contribution >= 0.6 is 0 Å². The van der Waals surface area contributed by atoms with Gasteiger partial charge >= 0.3 is 0 Å². The molecule has 3 rings (SSSR count). The number of anilines is 1. The molecule has 6 heteroatoms. The van der Waals surface area contributed by atoms with Gasteiger partial charge < -0.3 is 10.1 Å². The Hall–Kier alpha value is -3.33. The molecule has 1 atom stereocenters. The van der Waals surface area contributed by atoms with E-state index < -0.39 is 6.10 Å². The van der Waals surface area contributed by atoms with Crippen molar-refractivity contribution in [1.82, 2.24) is 10.2 Å². The third-order valence-electron chi connectivity index (χ3n) is 3.68. The second kappa shape index (κ2) is 6.42. The van der Waals surface area contributed by atoms with Gasteiger partial charge in [0.25, 0.3) is 5.91 Å². The Morgan fingerprint density at radius 1 is 1.29 bits per heavy atom. The van der Waals surface area contributed by atoms with Crippen LogP contribution in [0.1, 0.15) is 18.2 Å². The van der Waals surface area contributed by atoms with Crippen molar-refractivity contribution in [2.45, 2.75) is 20.0 Å². The number of nitriles is 1. The first-order chi connectivity index (χ1) is 11.6. The zero-order valence-electron chi connectivity index (χ0n) is 13.3. The normalized spacial score (nSPS) is 11.7. The van der Waals surface area contributed by atoms with Gasteiger partial charge in [-0.1, -0.05) is 0 Å². The van der Waals surface area contributed by atoms with Crippen LogP contribution in [0.25, 0.3) is 10.9 Å². The number of hydrogen-bond acceptors (Lipinski definition) is 4. The molecule has 0 aliphatic rings. The molecule has 0 saturated carbocycles. The third-order valence-corrected chi connectivity index (χ3v) is 3.68. The number of aryl methyl sites for hydroxylation is 1. The molecular weight excluding hydrogens is 304 g/mol. The van der Waals surface area contributed by atoms with E-state index in [-0.39, 0.29) is 5.91 Å². The van der Waals surface area contributed by atoms with Crippen molar-refractivity contribution >= 4 is 22.5 Å². The topological polar surface area (TPSA) is 90.8 Å². The molecule has 0 aliphatic carbocycles. The van der Waals surface area contributed by atoms with Crippen LogP contribution < -0.4 is 10.1 Å². The molecule has 6 nitrogen and oxygen atoms in total. The number of nitrogens with one attached hydrogen (secondary N) is 2. The number of nitrogens with zero attached hydrogens (tertiary/aromatic N) is 2. The van der Waals surface area contributed by atoms with Crippen LogP contribution in [0.5, 0.6) is 5.75 Å². The molecule has 0 saturated heterocycles. The van der Waals surface area contributed by atoms with Crippen LogP contribution in [-0.4, -0.2) is 22.2 Å². The molecule has 0 fully saturated rings. The minimum absolute atomic E-state index is 0.258. The number of aromatic amines is 1. The van der Waals surface area contributed by atoms with Gasteiger partial charge in [0.2, 0.25) is 0 Å². The van der Waals surface area contributed by atoms with Gasteiger partial charge in [0.15, 0.2) is 6.10 Å². The molecule has 0 spiro atoms. The lowest BCUT2D eigenvalue weighted by atomic mass is 10.2. The van der Waals surface area contributed by atoms with Gasteiger partial charge in [-0.3, -0.25) is 9.89 Å². The number of aromatic nitrogens is 2. The molecule has 1 amide bonds. The fraction of sp³-hybridized carbons (Fsp3) is 0.167. The average Bonchev–Trinajstić information content (AvgIpc) is 2.96. The molecule has 2 aromatic carbocycles. The number of benzene rings is 2. The number of amides is 1. The summed E-state index contributed by atoms with van der Waals surface area (Å²) in [7, 11) is 0. The van der Waals surface area contributed by atoms with E-state index in [0.717, 1.165) is 16.6 Å². The first-order valence-electron chi connectivity index (χ1n) is 7.49. The molecule has 2 N–H and O–H groups in total. The summed E-state index contributed by atoms with van der Waals surface area (Å²) in [6.07, 6.45) is -0.672. The van der Waals surface area contributed by atoms with E-state index in [4.69, 9.17) is 10.00 Å². The quantitative estimate of drug-likeness (QED) is 0.772. The monoisotopic (exact) mass is 320 g/mol. The van der Waals surface area contributed by atoms with E-state index >= 15 is 0 Å². The molecular formula is C18H16N4O2. The first kappa shape index (κ1) is 15.6. The van der Waals surface area contributed by atoms with E-state index in [0.29, 0.717) is 17.0 Å². The van der Waals surface area contributed by atoms with Crippen molar-refractivity contribution in [2.24, 2.45) is 0 Å². The summed E-state index contributed by atoms with van der Waals surface area (Å²) in [5.74, 6) is 0.279. The summed E-state index contributed by atoms with van der Waals surface area (Å²) >= 11 is 0. The lowest BCUT2D eigenvalue weighted by molar-refractivity contribution is -0.122. The summed E-state index contributed by atoms with van der Waals surface area (Å²) in [6.45, 7) is 3.62. The Balaban J connectivity index is 1.67. The van der Waals surface area contributed by atoms with Gasteiger partial charge in [0, 0.05) is 16.8 Å². The van der Waals surface area contributed by atoms with Crippen molar-refractivity contribution in [1.29, 1.82) is 5.26 Å². The van der Waals surface area contributed by atoms with Gasteiger partial charge in [-0.05, 0) is 56.3 Å². The molecule has 24 heavy (non-hydrogen) atoms. The SMILES string of the molecule is Cc1[nH]nc2cc(NC(=O)[C@H](C)Oc3ccc(C#N)cc3)ccc12. The molecule has 0 bridgehead atoms. The lowest BCUT2D eigenvalue weighted by Crippen LogP contribution is -2.30. The lowest BCUT2D eigenvalue weighted by Gasteiger charge is -2.14. The minimum atomic E-state index is -0.672. The largest absolute Gasteiger partial charge is 0.481 e. The highest BCUT2D eigenvalue weighted by Crippen LogP contribution is 2.20. The van der Waals surface area contributed by atoms with E-state index in [1.54, 1.807) is 31.2 Å². The number of rotatable bonds is 4. The van der Waals surface area contributed by atoms with Crippen LogP contribution in [0.4, 0.5) is 5.69 Å². The zero-order valence-corrected chi connectivity index (χ0v) is 13.3. The molecule has 1 aromatic heterocycles. The predicted molar refractivity (Wildman–Crippen MR) is 90.7 cm³/mol. The van der Waals surface area contributed by atoms with Gasteiger partial charge in [-0.2, -0.15) is 10.4 Å². The number of fused-ring (bicyclic) bond motifs is 1. The van der Waals surface area contributed by atoms with Gasteiger partial charge in [0.05, 0.1) is 17.1 Å². The highest BCUT2D eigenvalue weighted by Gasteiger charge is 2.15. The highest BCUT2D eigenvalue weighted by molar-refractivity contribution is 5.96. The van der Waals surface area contributed by atoms with E-state index in [1.165, 1.54) is 0 Å². The molecule has 1 heterocycles. The van der Waals surface area contributed by atoms with Crippen molar-refractivity contribution in [3.63, 3.8) is 0 Å². The van der Waals surface area contributed by atoms with Crippen LogP contribution in [0.2, 0.25) is 0 Å². The number of carbonyl (C=O) groups is 1. The summed E-state index contributed by atoms with van der Waals surface area (Å²) in [4.78, 5) is 12.3. The van der Waals surface area contributed by atoms with Crippen LogP contribution in [0.3, 0.4) is 0 Å². The second-order valence-corrected chi connectivity index (χ2v) is 5.47. The van der Waals surface area contributed by atoms with E-state index in [9.17, 15) is 4.79 Å². The second-order valence-electron chi connectivity index (χ2n) is 5.47. The maximum atomic E-state index is 12.3. The Morgan fingerprint density at radius 3 is 2.75 bits per heavy atom. The number of H-pyrrole nitrogens is 1. The predicted octanol–water partition coefficient (Wildman–Crippen LogP) is 3.15. The van der Waals surface area contributed by atoms with E-state index in [1.807, 2.05) is 31.2 Å². The Bertz CT molecular complexity index is 922. The van der Waals surface area contributed by atoms with E-state index in [2.05, 4.69) is 15.5 Å². The molecule has 120 valence electrons. The van der Waals surface area contributed by atoms with Gasteiger partial charge in [-0.15, -0.1) is 0 Å². The van der Waals surface area contributed by atoms with Crippen molar-refractivity contribution in [2.75, 3.05) is 5.32 Å². The molecule has 3 aromatic rings. The highest BCUT2D eigenvalue weighted by atomic mass is 16.5. The maximum absolute atomic E-state index is 12.3. The minimum Gasteiger partial charge on any atom is -0.481 e. The zero-order chi connectivity index (χ0) is 17.1. The first-order valence-corrected chi connectivity index (χ1v) is 7.49. The van der Waals surface area contributed by atoms with Crippen LogP contribution in [-0.2, 0) is 4.79 Å². The third kappa shape index (κ3) is 3.20. The van der Waals surface area contributed by atoms with Crippen molar-refractivity contribution in [3.8, 4) is 11.8 Å². The summed E-state index contributed by atoms with van der Waals surface area (Å²) in [5.41, 5.74) is 2.99. The summed E-state index contributed by atoms with van der Waals surface area (Å²) < 4.78 is 5.60. The van der Waals surface area contributed by atoms with Gasteiger partial charge in [-0.25, -0.2) is 0 Å². The molecule has 0 aliphatic heterocycles. The average molecular weight is 320 g/mol. The summed E-state index contributed by atoms with van der Waals surface area (Å²) in [6, 6.07) is 14.2. The Morgan fingerprint density at radius 2 is 2.04 bits per heavy atom. The molecule has 0 radical (unpaired) electrons. The Labute approximate surface area is 139 Å². The maximum Gasteiger partial charge on any atom is 0.265 e. The van der Waals surface area contributed by atoms with Crippen LogP contribution in [0, 0.1) is 18.3 Å². The fourth-order valence-electron chi connectivity index (χ4n) is 2.33. The van der Waals surface area contributed by atoms with Crippen molar-refractivity contribution in [3.05, 3.63) is 53.7 Å². The Kier molecular flexibility index (Phi) is 4.17. The number of ether oxygens (including phenoxy) is 1. The number of hydrogen-bond donors (Lipinski definition) is 2. The smallest absolute Gasteiger partial charge is 0.265 e. The number of carbonyl (C=O) groups excluding carboxylic acids is 1.